The van der Waals surface area contributed by atoms with E-state index in [-0.39, 0.29) is 0 Å². The smallest absolute Gasteiger partial charge is 0.250 e. The van der Waals surface area contributed by atoms with Gasteiger partial charge in [0.05, 0.1) is 0 Å². The Bertz CT molecular complexity index is 643. The summed E-state index contributed by atoms with van der Waals surface area (Å²) in [6.07, 6.45) is 0.914. The van der Waals surface area contributed by atoms with Gasteiger partial charge >= 0.3 is 0 Å². The first-order valence-electron chi connectivity index (χ1n) is 5.89. The second kappa shape index (κ2) is 6.15. The van der Waals surface area contributed by atoms with Crippen LogP contribution in [0.4, 0.5) is 0 Å². The molecule has 0 fully saturated rings. The van der Waals surface area contributed by atoms with Crippen molar-refractivity contribution in [1.82, 2.24) is 4.72 Å². The van der Waals surface area contributed by atoms with E-state index in [1.54, 1.807) is 22.8 Å². The van der Waals surface area contributed by atoms with Crippen molar-refractivity contribution in [3.05, 3.63) is 38.9 Å². The van der Waals surface area contributed by atoms with Crippen LogP contribution in [-0.2, 0) is 29.5 Å². The van der Waals surface area contributed by atoms with Gasteiger partial charge in [0, 0.05) is 18.0 Å². The minimum Gasteiger partial charge on any atom is -0.326 e. The van der Waals surface area contributed by atoms with Gasteiger partial charge in [-0.15, -0.1) is 22.7 Å². The fraction of sp³-hybridized carbons (Fsp3) is 0.333. The van der Waals surface area contributed by atoms with E-state index in [4.69, 9.17) is 5.73 Å². The lowest BCUT2D eigenvalue weighted by Crippen LogP contribution is -2.22. The highest BCUT2D eigenvalue weighted by molar-refractivity contribution is 7.91. The number of hydrogen-bond donors (Lipinski definition) is 2. The SMILES string of the molecule is CCc1ccsc1CNS(=O)(=O)c1cc(CN)cs1. The van der Waals surface area contributed by atoms with E-state index in [9.17, 15) is 8.42 Å². The molecule has 0 aliphatic carbocycles. The summed E-state index contributed by atoms with van der Waals surface area (Å²) in [7, 11) is -3.43. The number of nitrogens with two attached hydrogens (primary N) is 1. The van der Waals surface area contributed by atoms with Gasteiger partial charge in [-0.25, -0.2) is 13.1 Å². The molecule has 0 aliphatic rings. The Labute approximate surface area is 121 Å². The van der Waals surface area contributed by atoms with Crippen LogP contribution in [0, 0.1) is 0 Å². The number of hydrogen-bond acceptors (Lipinski definition) is 5. The molecule has 0 spiro atoms. The first-order chi connectivity index (χ1) is 9.06. The maximum atomic E-state index is 12.1. The minimum absolute atomic E-state index is 0.322. The average molecular weight is 316 g/mol. The number of sulfonamides is 1. The predicted molar refractivity (Wildman–Crippen MR) is 79.9 cm³/mol. The van der Waals surface area contributed by atoms with Crippen LogP contribution in [0.1, 0.15) is 22.9 Å². The largest absolute Gasteiger partial charge is 0.326 e. The molecule has 2 rings (SSSR count). The van der Waals surface area contributed by atoms with Gasteiger partial charge in [-0.3, -0.25) is 0 Å². The molecular weight excluding hydrogens is 300 g/mol. The molecule has 0 atom stereocenters. The Morgan fingerprint density at radius 3 is 2.79 bits per heavy atom. The maximum absolute atomic E-state index is 12.1. The van der Waals surface area contributed by atoms with Crippen LogP contribution in [0.2, 0.25) is 0 Å². The fourth-order valence-electron chi connectivity index (χ4n) is 1.67. The topological polar surface area (TPSA) is 72.2 Å². The molecule has 2 aromatic heterocycles. The highest BCUT2D eigenvalue weighted by Crippen LogP contribution is 2.22. The first kappa shape index (κ1) is 14.7. The number of thiophene rings is 2. The van der Waals surface area contributed by atoms with Gasteiger partial charge in [0.1, 0.15) is 4.21 Å². The van der Waals surface area contributed by atoms with Crippen molar-refractivity contribution in [3.63, 3.8) is 0 Å². The van der Waals surface area contributed by atoms with Gasteiger partial charge in [-0.2, -0.15) is 0 Å². The number of aryl methyl sites for hydroxylation is 1. The molecular formula is C12H16N2O2S3. The summed E-state index contributed by atoms with van der Waals surface area (Å²) in [4.78, 5) is 1.07. The van der Waals surface area contributed by atoms with Crippen LogP contribution in [-0.4, -0.2) is 8.42 Å². The fourth-order valence-corrected chi connectivity index (χ4v) is 4.94. The van der Waals surface area contributed by atoms with Gasteiger partial charge in [0.2, 0.25) is 10.0 Å². The Hall–Kier alpha value is -0.730. The summed E-state index contributed by atoms with van der Waals surface area (Å²) in [5.74, 6) is 0. The Morgan fingerprint density at radius 1 is 1.37 bits per heavy atom. The summed E-state index contributed by atoms with van der Waals surface area (Å²) in [6, 6.07) is 3.66. The van der Waals surface area contributed by atoms with Crippen LogP contribution in [0.15, 0.2) is 27.1 Å². The monoisotopic (exact) mass is 316 g/mol. The molecule has 0 amide bonds. The van der Waals surface area contributed by atoms with E-state index in [0.717, 1.165) is 16.9 Å². The summed E-state index contributed by atoms with van der Waals surface area (Å²) in [5.41, 5.74) is 7.53. The van der Waals surface area contributed by atoms with Crippen LogP contribution in [0.5, 0.6) is 0 Å². The van der Waals surface area contributed by atoms with Crippen molar-refractivity contribution in [2.75, 3.05) is 0 Å². The minimum atomic E-state index is -3.43. The first-order valence-corrected chi connectivity index (χ1v) is 9.13. The maximum Gasteiger partial charge on any atom is 0.250 e. The second-order valence-corrected chi connectivity index (χ2v) is 7.93. The lowest BCUT2D eigenvalue weighted by molar-refractivity contribution is 0.583. The summed E-state index contributed by atoms with van der Waals surface area (Å²) in [5, 5.41) is 3.76. The molecule has 0 saturated carbocycles. The molecule has 0 aromatic carbocycles. The van der Waals surface area contributed by atoms with E-state index >= 15 is 0 Å². The van der Waals surface area contributed by atoms with E-state index in [1.165, 1.54) is 16.9 Å². The van der Waals surface area contributed by atoms with Gasteiger partial charge in [0.15, 0.2) is 0 Å². The van der Waals surface area contributed by atoms with E-state index in [2.05, 4.69) is 11.6 Å². The zero-order valence-electron chi connectivity index (χ0n) is 10.5. The lowest BCUT2D eigenvalue weighted by Gasteiger charge is -2.04. The van der Waals surface area contributed by atoms with Gasteiger partial charge in [-0.05, 0) is 40.4 Å². The van der Waals surface area contributed by atoms with Gasteiger partial charge < -0.3 is 5.73 Å². The Balaban J connectivity index is 2.09. The van der Waals surface area contributed by atoms with Crippen molar-refractivity contribution in [1.29, 1.82) is 0 Å². The molecule has 2 aromatic rings. The highest BCUT2D eigenvalue weighted by atomic mass is 32.2. The van der Waals surface area contributed by atoms with Gasteiger partial charge in [-0.1, -0.05) is 6.92 Å². The zero-order valence-corrected chi connectivity index (χ0v) is 13.0. The van der Waals surface area contributed by atoms with Crippen LogP contribution in [0.25, 0.3) is 0 Å². The van der Waals surface area contributed by atoms with Crippen molar-refractivity contribution in [2.24, 2.45) is 5.73 Å². The van der Waals surface area contributed by atoms with Crippen LogP contribution in [0.3, 0.4) is 0 Å². The molecule has 0 bridgehead atoms. The van der Waals surface area contributed by atoms with Gasteiger partial charge in [0.25, 0.3) is 0 Å². The molecule has 0 aliphatic heterocycles. The summed E-state index contributed by atoms with van der Waals surface area (Å²) >= 11 is 2.78. The van der Waals surface area contributed by atoms with Crippen LogP contribution >= 0.6 is 22.7 Å². The molecule has 0 radical (unpaired) electrons. The molecule has 2 heterocycles. The molecule has 3 N–H and O–H groups in total. The normalized spacial score (nSPS) is 11.9. The second-order valence-electron chi connectivity index (χ2n) is 4.03. The quantitative estimate of drug-likeness (QED) is 0.859. The lowest BCUT2D eigenvalue weighted by atomic mass is 10.2. The van der Waals surface area contributed by atoms with Crippen LogP contribution < -0.4 is 10.5 Å². The van der Waals surface area contributed by atoms with E-state index < -0.39 is 10.0 Å². The molecule has 0 unspecified atom stereocenters. The third-order valence-electron chi connectivity index (χ3n) is 2.77. The number of nitrogens with one attached hydrogen (secondary N) is 1. The summed E-state index contributed by atoms with van der Waals surface area (Å²) < 4.78 is 27.2. The predicted octanol–water partition coefficient (Wildman–Crippen LogP) is 2.31. The molecule has 104 valence electrons. The van der Waals surface area contributed by atoms with Crippen molar-refractivity contribution >= 4 is 32.7 Å². The van der Waals surface area contributed by atoms with Crippen molar-refractivity contribution in [2.45, 2.75) is 30.6 Å². The number of rotatable bonds is 6. The highest BCUT2D eigenvalue weighted by Gasteiger charge is 2.17. The molecule has 4 nitrogen and oxygen atoms in total. The Morgan fingerprint density at radius 2 is 2.16 bits per heavy atom. The standard InChI is InChI=1S/C12H16N2O2S3/c1-2-10-3-4-17-11(10)7-14-19(15,16)12-5-9(6-13)8-18-12/h3-5,8,14H,2,6-7,13H2,1H3. The molecule has 0 saturated heterocycles. The third kappa shape index (κ3) is 3.43. The van der Waals surface area contributed by atoms with E-state index in [1.807, 2.05) is 11.4 Å². The molecule has 7 heteroatoms. The average Bonchev–Trinajstić information content (AvgIpc) is 3.05. The summed E-state index contributed by atoms with van der Waals surface area (Å²) in [6.45, 7) is 2.77. The third-order valence-corrected chi connectivity index (χ3v) is 6.62. The van der Waals surface area contributed by atoms with Crippen molar-refractivity contribution in [3.8, 4) is 0 Å². The molecule has 19 heavy (non-hydrogen) atoms. The zero-order chi connectivity index (χ0) is 13.9. The Kier molecular flexibility index (Phi) is 4.75. The van der Waals surface area contributed by atoms with Crippen molar-refractivity contribution < 1.29 is 8.42 Å². The van der Waals surface area contributed by atoms with E-state index in [0.29, 0.717) is 17.3 Å².